The molecule has 0 spiro atoms. The number of thioether (sulfide) groups is 1. The molecule has 3 N–H and O–H groups in total. The summed E-state index contributed by atoms with van der Waals surface area (Å²) in [4.78, 5) is 20.3. The van der Waals surface area contributed by atoms with E-state index >= 15 is 0 Å². The lowest BCUT2D eigenvalue weighted by Gasteiger charge is -1.98. The summed E-state index contributed by atoms with van der Waals surface area (Å²) in [6.45, 7) is 6.41. The van der Waals surface area contributed by atoms with Crippen molar-refractivity contribution in [3.05, 3.63) is 23.0 Å². The molecule has 0 radical (unpaired) electrons. The maximum Gasteiger partial charge on any atom is 0.341 e. The molecule has 0 fully saturated rings. The molecule has 0 aromatic rings. The number of carboxylic acids is 1. The quantitative estimate of drug-likeness (QED) is 0.600. The van der Waals surface area contributed by atoms with Crippen LogP contribution in [0.5, 0.6) is 0 Å². The number of hydrogen-bond donors (Lipinski definition) is 2. The molecule has 60 valence electrons. The summed E-state index contributed by atoms with van der Waals surface area (Å²) in [5.74, 6) is -1.92. The summed E-state index contributed by atoms with van der Waals surface area (Å²) < 4.78 is 0. The molecule has 0 aromatic heterocycles. The van der Waals surface area contributed by atoms with Crippen LogP contribution in [-0.4, -0.2) is 17.0 Å². The van der Waals surface area contributed by atoms with Gasteiger partial charge in [0.15, 0.2) is 0 Å². The van der Waals surface area contributed by atoms with Gasteiger partial charge in [0, 0.05) is 0 Å². The number of carboxylic acid groups (broad SMARTS) is 1. The van der Waals surface area contributed by atoms with Crippen LogP contribution in [0.2, 0.25) is 0 Å². The van der Waals surface area contributed by atoms with Crippen molar-refractivity contribution < 1.29 is 14.7 Å². The lowest BCUT2D eigenvalue weighted by molar-refractivity contribution is -0.131. The van der Waals surface area contributed by atoms with E-state index in [1.165, 1.54) is 0 Å². The summed E-state index contributed by atoms with van der Waals surface area (Å²) in [5.41, 5.74) is 4.79. The zero-order valence-corrected chi connectivity index (χ0v) is 6.48. The van der Waals surface area contributed by atoms with Crippen LogP contribution in [0, 0.1) is 0 Å². The number of rotatable bonds is 4. The average Bonchev–Trinajstić information content (AvgIpc) is 1.87. The topological polar surface area (TPSA) is 80.4 Å². The Balaban J connectivity index is 4.07. The third-order valence-corrected chi connectivity index (χ3v) is 1.63. The molecule has 0 aliphatic carbocycles. The second-order valence-electron chi connectivity index (χ2n) is 1.62. The van der Waals surface area contributed by atoms with Gasteiger partial charge in [0.05, 0.1) is 9.81 Å². The SMILES string of the molecule is C=C(SC(=C)C(=O)O)C(N)=O. The molecule has 0 rings (SSSR count). The predicted molar refractivity (Wildman–Crippen MR) is 42.7 cm³/mol. The lowest BCUT2D eigenvalue weighted by atomic mass is 10.6. The zero-order valence-electron chi connectivity index (χ0n) is 5.66. The number of primary amides is 1. The van der Waals surface area contributed by atoms with Gasteiger partial charge in [0.1, 0.15) is 0 Å². The number of nitrogens with two attached hydrogens (primary N) is 1. The van der Waals surface area contributed by atoms with E-state index in [4.69, 9.17) is 10.8 Å². The second kappa shape index (κ2) is 3.82. The maximum atomic E-state index is 10.3. The van der Waals surface area contributed by atoms with Crippen LogP contribution in [0.15, 0.2) is 23.0 Å². The van der Waals surface area contributed by atoms with E-state index in [2.05, 4.69) is 13.2 Å². The Kier molecular flexibility index (Phi) is 3.39. The Bertz CT molecular complexity index is 210. The summed E-state index contributed by atoms with van der Waals surface area (Å²) in [6.07, 6.45) is 0. The molecular weight excluding hydrogens is 166 g/mol. The molecule has 1 amide bonds. The number of hydrogen-bond acceptors (Lipinski definition) is 3. The van der Waals surface area contributed by atoms with E-state index in [0.29, 0.717) is 11.8 Å². The first-order valence-corrected chi connectivity index (χ1v) is 3.35. The van der Waals surface area contributed by atoms with E-state index in [0.717, 1.165) is 0 Å². The van der Waals surface area contributed by atoms with Gasteiger partial charge in [-0.3, -0.25) is 4.79 Å². The van der Waals surface area contributed by atoms with Gasteiger partial charge in [-0.15, -0.1) is 0 Å². The van der Waals surface area contributed by atoms with E-state index in [9.17, 15) is 9.59 Å². The average molecular weight is 173 g/mol. The van der Waals surface area contributed by atoms with E-state index in [-0.39, 0.29) is 9.81 Å². The summed E-state index contributed by atoms with van der Waals surface area (Å²) in [6, 6.07) is 0. The monoisotopic (exact) mass is 173 g/mol. The van der Waals surface area contributed by atoms with Crippen molar-refractivity contribution in [1.29, 1.82) is 0 Å². The van der Waals surface area contributed by atoms with Gasteiger partial charge in [0.25, 0.3) is 5.91 Å². The Labute approximate surface area is 67.8 Å². The zero-order chi connectivity index (χ0) is 9.02. The molecule has 0 heterocycles. The van der Waals surface area contributed by atoms with Crippen LogP contribution in [0.3, 0.4) is 0 Å². The standard InChI is InChI=1S/C6H7NO3S/c1-3(5(7)8)11-4(2)6(9)10/h1-2H2,(H2,7,8)(H,9,10). The normalized spacial score (nSPS) is 8.73. The molecule has 0 unspecified atom stereocenters. The highest BCUT2D eigenvalue weighted by molar-refractivity contribution is 8.08. The van der Waals surface area contributed by atoms with Crippen LogP contribution in [0.1, 0.15) is 0 Å². The van der Waals surface area contributed by atoms with Crippen molar-refractivity contribution in [3.8, 4) is 0 Å². The van der Waals surface area contributed by atoms with Gasteiger partial charge in [-0.2, -0.15) is 0 Å². The molecule has 0 saturated carbocycles. The van der Waals surface area contributed by atoms with E-state index < -0.39 is 11.9 Å². The number of amides is 1. The fourth-order valence-electron chi connectivity index (χ4n) is 0.243. The van der Waals surface area contributed by atoms with Crippen molar-refractivity contribution in [2.24, 2.45) is 5.73 Å². The Morgan fingerprint density at radius 1 is 1.27 bits per heavy atom. The van der Waals surface area contributed by atoms with Crippen molar-refractivity contribution >= 4 is 23.6 Å². The minimum atomic E-state index is -1.18. The highest BCUT2D eigenvalue weighted by Crippen LogP contribution is 2.21. The lowest BCUT2D eigenvalue weighted by Crippen LogP contribution is -2.11. The van der Waals surface area contributed by atoms with Crippen molar-refractivity contribution in [1.82, 2.24) is 0 Å². The van der Waals surface area contributed by atoms with Gasteiger partial charge in [-0.25, -0.2) is 4.79 Å². The van der Waals surface area contributed by atoms with Crippen LogP contribution < -0.4 is 5.73 Å². The molecule has 0 aromatic carbocycles. The number of carbonyl (C=O) groups is 2. The molecule has 11 heavy (non-hydrogen) atoms. The Hall–Kier alpha value is -1.23. The first-order chi connectivity index (χ1) is 4.95. The number of carbonyl (C=O) groups excluding carboxylic acids is 1. The smallest absolute Gasteiger partial charge is 0.341 e. The molecule has 0 aliphatic heterocycles. The predicted octanol–water partition coefficient (Wildman–Crippen LogP) is 0.317. The highest BCUT2D eigenvalue weighted by Gasteiger charge is 2.09. The molecule has 0 aliphatic rings. The van der Waals surface area contributed by atoms with E-state index in [1.807, 2.05) is 0 Å². The van der Waals surface area contributed by atoms with Gasteiger partial charge in [-0.05, 0) is 0 Å². The highest BCUT2D eigenvalue weighted by atomic mass is 32.2. The fourth-order valence-corrected chi connectivity index (χ4v) is 0.728. The Morgan fingerprint density at radius 2 is 1.73 bits per heavy atom. The van der Waals surface area contributed by atoms with E-state index in [1.54, 1.807) is 0 Å². The van der Waals surface area contributed by atoms with Crippen molar-refractivity contribution in [2.75, 3.05) is 0 Å². The van der Waals surface area contributed by atoms with Crippen molar-refractivity contribution in [2.45, 2.75) is 0 Å². The van der Waals surface area contributed by atoms with Crippen molar-refractivity contribution in [3.63, 3.8) is 0 Å². The van der Waals surface area contributed by atoms with Crippen LogP contribution >= 0.6 is 11.8 Å². The summed E-state index contributed by atoms with van der Waals surface area (Å²) in [5, 5.41) is 8.30. The molecule has 0 saturated heterocycles. The van der Waals surface area contributed by atoms with Gasteiger partial charge in [-0.1, -0.05) is 24.9 Å². The minimum Gasteiger partial charge on any atom is -0.477 e. The maximum absolute atomic E-state index is 10.3. The van der Waals surface area contributed by atoms with Gasteiger partial charge in [0.2, 0.25) is 0 Å². The number of aliphatic carboxylic acids is 1. The molecule has 0 bridgehead atoms. The third kappa shape index (κ3) is 3.47. The molecular formula is C6H7NO3S. The Morgan fingerprint density at radius 3 is 2.00 bits per heavy atom. The summed E-state index contributed by atoms with van der Waals surface area (Å²) >= 11 is 0.653. The van der Waals surface area contributed by atoms with Gasteiger partial charge >= 0.3 is 5.97 Å². The van der Waals surface area contributed by atoms with Crippen LogP contribution in [-0.2, 0) is 9.59 Å². The minimum absolute atomic E-state index is 0.0302. The fraction of sp³-hybridized carbons (Fsp3) is 0. The largest absolute Gasteiger partial charge is 0.477 e. The second-order valence-corrected chi connectivity index (χ2v) is 2.81. The van der Waals surface area contributed by atoms with Crippen LogP contribution in [0.25, 0.3) is 0 Å². The molecule has 4 nitrogen and oxygen atoms in total. The first-order valence-electron chi connectivity index (χ1n) is 2.54. The summed E-state index contributed by atoms with van der Waals surface area (Å²) in [7, 11) is 0. The first kappa shape index (κ1) is 9.77. The third-order valence-electron chi connectivity index (χ3n) is 0.760. The van der Waals surface area contributed by atoms with Crippen LogP contribution in [0.4, 0.5) is 0 Å². The molecule has 0 atom stereocenters. The van der Waals surface area contributed by atoms with Gasteiger partial charge < -0.3 is 10.8 Å². The molecule has 5 heteroatoms.